The molecular weight excluding hydrogens is 131 g/mol. The molecule has 0 aromatic heterocycles. The molecule has 0 aromatic carbocycles. The van der Waals surface area contributed by atoms with Crippen molar-refractivity contribution in [2.45, 2.75) is 6.42 Å². The molecule has 0 saturated carbocycles. The molecule has 1 N–H and O–H groups in total. The van der Waals surface area contributed by atoms with Crippen molar-refractivity contribution in [1.29, 1.82) is 0 Å². The fourth-order valence-electron chi connectivity index (χ4n) is 0.712. The highest BCUT2D eigenvalue weighted by Gasteiger charge is 1.89. The molecule has 0 heterocycles. The van der Waals surface area contributed by atoms with Gasteiger partial charge in [-0.2, -0.15) is 0 Å². The van der Waals surface area contributed by atoms with Gasteiger partial charge in [-0.05, 0) is 33.6 Å². The van der Waals surface area contributed by atoms with E-state index in [2.05, 4.69) is 10.2 Å². The number of alkyl halides is 1. The van der Waals surface area contributed by atoms with E-state index in [1.165, 1.54) is 0 Å². The highest BCUT2D eigenvalue weighted by Crippen LogP contribution is 1.79. The van der Waals surface area contributed by atoms with E-state index in [0.717, 1.165) is 19.5 Å². The monoisotopic (exact) mass is 148 g/mol. The van der Waals surface area contributed by atoms with Crippen LogP contribution in [0.15, 0.2) is 0 Å². The Balaban J connectivity index is 2.77. The second-order valence-electron chi connectivity index (χ2n) is 2.60. The standard InChI is InChI=1S/C7H17FN2/c1-10(2)7-3-5-9-6-4-8/h9H,3-7H2,1-2H3. The normalized spacial score (nSPS) is 10.8. The predicted octanol–water partition coefficient (Wildman–Crippen LogP) is 0.497. The van der Waals surface area contributed by atoms with Crippen molar-refractivity contribution < 1.29 is 4.39 Å². The summed E-state index contributed by atoms with van der Waals surface area (Å²) in [6.45, 7) is 2.22. The van der Waals surface area contributed by atoms with E-state index >= 15 is 0 Å². The number of hydrogen-bond donors (Lipinski definition) is 1. The highest BCUT2D eigenvalue weighted by atomic mass is 19.1. The van der Waals surface area contributed by atoms with Gasteiger partial charge in [0.15, 0.2) is 0 Å². The molecule has 10 heavy (non-hydrogen) atoms. The summed E-state index contributed by atoms with van der Waals surface area (Å²) in [6.07, 6.45) is 1.09. The second kappa shape index (κ2) is 6.96. The average Bonchev–Trinajstić information content (AvgIpc) is 1.87. The minimum atomic E-state index is -0.262. The molecule has 0 amide bonds. The van der Waals surface area contributed by atoms with Crippen molar-refractivity contribution in [3.8, 4) is 0 Å². The Morgan fingerprint density at radius 1 is 1.30 bits per heavy atom. The van der Waals surface area contributed by atoms with Crippen molar-refractivity contribution in [3.05, 3.63) is 0 Å². The zero-order chi connectivity index (χ0) is 7.82. The van der Waals surface area contributed by atoms with E-state index < -0.39 is 0 Å². The van der Waals surface area contributed by atoms with Crippen LogP contribution in [0.5, 0.6) is 0 Å². The maximum absolute atomic E-state index is 11.5. The number of halogens is 1. The fraction of sp³-hybridized carbons (Fsp3) is 1.00. The molecule has 0 aromatic rings. The van der Waals surface area contributed by atoms with Gasteiger partial charge in [0.25, 0.3) is 0 Å². The third-order valence-corrected chi connectivity index (χ3v) is 1.23. The minimum Gasteiger partial charge on any atom is -0.314 e. The topological polar surface area (TPSA) is 15.3 Å². The van der Waals surface area contributed by atoms with Crippen LogP contribution in [-0.4, -0.2) is 45.3 Å². The third-order valence-electron chi connectivity index (χ3n) is 1.23. The molecule has 0 fully saturated rings. The summed E-state index contributed by atoms with van der Waals surface area (Å²) in [4.78, 5) is 2.12. The van der Waals surface area contributed by atoms with Gasteiger partial charge < -0.3 is 10.2 Å². The van der Waals surface area contributed by atoms with Gasteiger partial charge in [-0.15, -0.1) is 0 Å². The summed E-state index contributed by atoms with van der Waals surface area (Å²) in [5.41, 5.74) is 0. The van der Waals surface area contributed by atoms with E-state index in [4.69, 9.17) is 0 Å². The van der Waals surface area contributed by atoms with Crippen molar-refractivity contribution in [1.82, 2.24) is 10.2 Å². The molecule has 0 bridgehead atoms. The molecule has 0 aliphatic heterocycles. The first-order valence-electron chi connectivity index (χ1n) is 3.69. The summed E-state index contributed by atoms with van der Waals surface area (Å²) in [7, 11) is 4.07. The van der Waals surface area contributed by atoms with Crippen LogP contribution in [-0.2, 0) is 0 Å². The number of nitrogens with one attached hydrogen (secondary N) is 1. The number of rotatable bonds is 6. The molecule has 0 aliphatic carbocycles. The quantitative estimate of drug-likeness (QED) is 0.552. The van der Waals surface area contributed by atoms with Crippen LogP contribution < -0.4 is 5.32 Å². The SMILES string of the molecule is CN(C)CCCNCCF. The van der Waals surface area contributed by atoms with E-state index in [9.17, 15) is 4.39 Å². The van der Waals surface area contributed by atoms with Gasteiger partial charge in [0.2, 0.25) is 0 Å². The Kier molecular flexibility index (Phi) is 6.86. The van der Waals surface area contributed by atoms with E-state index in [1.807, 2.05) is 14.1 Å². The Hall–Kier alpha value is -0.150. The van der Waals surface area contributed by atoms with Gasteiger partial charge in [0, 0.05) is 6.54 Å². The third kappa shape index (κ3) is 7.85. The second-order valence-corrected chi connectivity index (χ2v) is 2.60. The molecule has 0 unspecified atom stereocenters. The first-order valence-corrected chi connectivity index (χ1v) is 3.69. The van der Waals surface area contributed by atoms with Crippen LogP contribution in [0, 0.1) is 0 Å². The van der Waals surface area contributed by atoms with Crippen LogP contribution in [0.3, 0.4) is 0 Å². The Bertz CT molecular complexity index is 66.6. The van der Waals surface area contributed by atoms with Gasteiger partial charge in [0.1, 0.15) is 6.67 Å². The van der Waals surface area contributed by atoms with Gasteiger partial charge in [-0.3, -0.25) is 0 Å². The number of hydrogen-bond acceptors (Lipinski definition) is 2. The van der Waals surface area contributed by atoms with Crippen molar-refractivity contribution >= 4 is 0 Å². The molecule has 0 aliphatic rings. The number of nitrogens with zero attached hydrogens (tertiary/aromatic N) is 1. The summed E-state index contributed by atoms with van der Waals surface area (Å²) < 4.78 is 11.5. The lowest BCUT2D eigenvalue weighted by molar-refractivity contribution is 0.389. The molecular formula is C7H17FN2. The lowest BCUT2D eigenvalue weighted by Crippen LogP contribution is -2.22. The lowest BCUT2D eigenvalue weighted by atomic mass is 10.4. The van der Waals surface area contributed by atoms with Gasteiger partial charge in [0.05, 0.1) is 0 Å². The van der Waals surface area contributed by atoms with Crippen molar-refractivity contribution in [3.63, 3.8) is 0 Å². The summed E-state index contributed by atoms with van der Waals surface area (Å²) >= 11 is 0. The Morgan fingerprint density at radius 2 is 2.00 bits per heavy atom. The largest absolute Gasteiger partial charge is 0.314 e. The zero-order valence-corrected chi connectivity index (χ0v) is 6.86. The van der Waals surface area contributed by atoms with Crippen molar-refractivity contribution in [2.24, 2.45) is 0 Å². The van der Waals surface area contributed by atoms with E-state index in [1.54, 1.807) is 0 Å². The summed E-state index contributed by atoms with van der Waals surface area (Å²) in [5, 5.41) is 2.99. The summed E-state index contributed by atoms with van der Waals surface area (Å²) in [5.74, 6) is 0. The molecule has 0 saturated heterocycles. The van der Waals surface area contributed by atoms with Crippen LogP contribution in [0.25, 0.3) is 0 Å². The van der Waals surface area contributed by atoms with Gasteiger partial charge >= 0.3 is 0 Å². The minimum absolute atomic E-state index is 0.262. The Labute approximate surface area is 62.4 Å². The first-order chi connectivity index (χ1) is 4.77. The molecule has 0 spiro atoms. The van der Waals surface area contributed by atoms with Gasteiger partial charge in [-0.1, -0.05) is 0 Å². The van der Waals surface area contributed by atoms with Crippen LogP contribution in [0.2, 0.25) is 0 Å². The fourth-order valence-corrected chi connectivity index (χ4v) is 0.712. The molecule has 0 rings (SSSR count). The summed E-state index contributed by atoms with van der Waals surface area (Å²) in [6, 6.07) is 0. The van der Waals surface area contributed by atoms with E-state index in [0.29, 0.717) is 6.54 Å². The van der Waals surface area contributed by atoms with Crippen molar-refractivity contribution in [2.75, 3.05) is 40.4 Å². The lowest BCUT2D eigenvalue weighted by Gasteiger charge is -2.08. The maximum Gasteiger partial charge on any atom is 0.102 e. The van der Waals surface area contributed by atoms with Crippen LogP contribution in [0.1, 0.15) is 6.42 Å². The molecule has 2 nitrogen and oxygen atoms in total. The maximum atomic E-state index is 11.5. The van der Waals surface area contributed by atoms with Crippen LogP contribution >= 0.6 is 0 Å². The smallest absolute Gasteiger partial charge is 0.102 e. The molecule has 0 atom stereocenters. The van der Waals surface area contributed by atoms with Crippen LogP contribution in [0.4, 0.5) is 4.39 Å². The molecule has 62 valence electrons. The first kappa shape index (κ1) is 9.85. The van der Waals surface area contributed by atoms with Gasteiger partial charge in [-0.25, -0.2) is 4.39 Å². The predicted molar refractivity (Wildman–Crippen MR) is 42.0 cm³/mol. The Morgan fingerprint density at radius 3 is 2.50 bits per heavy atom. The zero-order valence-electron chi connectivity index (χ0n) is 6.86. The average molecular weight is 148 g/mol. The highest BCUT2D eigenvalue weighted by molar-refractivity contribution is 4.48. The molecule has 3 heteroatoms. The van der Waals surface area contributed by atoms with E-state index in [-0.39, 0.29) is 6.67 Å². The molecule has 0 radical (unpaired) electrons.